The van der Waals surface area contributed by atoms with Gasteiger partial charge in [-0.25, -0.2) is 16.8 Å². The number of nitrogens with one attached hydrogen (secondary N) is 1. The Balaban J connectivity index is 0. The van der Waals surface area contributed by atoms with Gasteiger partial charge in [0.15, 0.2) is 20.6 Å². The molecule has 8 nitrogen and oxygen atoms in total. The van der Waals surface area contributed by atoms with Gasteiger partial charge in [0.2, 0.25) is 0 Å². The molecule has 12 heteroatoms. The Labute approximate surface area is 149 Å². The van der Waals surface area contributed by atoms with Crippen molar-refractivity contribution in [1.82, 2.24) is 4.83 Å². The van der Waals surface area contributed by atoms with Gasteiger partial charge in [-0.15, -0.1) is 4.83 Å². The summed E-state index contributed by atoms with van der Waals surface area (Å²) in [4.78, 5) is 1.06. The molecule has 0 aliphatic carbocycles. The van der Waals surface area contributed by atoms with Gasteiger partial charge in [-0.2, -0.15) is 4.41 Å². The summed E-state index contributed by atoms with van der Waals surface area (Å²) in [5.41, 5.74) is -0.281. The molecule has 0 aliphatic heterocycles. The van der Waals surface area contributed by atoms with Crippen LogP contribution in [0.5, 0.6) is 0 Å². The fourth-order valence-corrected chi connectivity index (χ4v) is 2.22. The van der Waals surface area contributed by atoms with Gasteiger partial charge in [-0.1, -0.05) is 18.2 Å². The minimum absolute atomic E-state index is 0. The van der Waals surface area contributed by atoms with E-state index in [2.05, 4.69) is 0 Å². The molecule has 1 rings (SSSR count). The zero-order valence-corrected chi connectivity index (χ0v) is 15.2. The van der Waals surface area contributed by atoms with Gasteiger partial charge in [0.05, 0.1) is 5.69 Å². The van der Waals surface area contributed by atoms with Crippen molar-refractivity contribution < 1.29 is 85.1 Å². The molecule has 90 valence electrons. The van der Waals surface area contributed by atoms with Crippen LogP contribution in [0.15, 0.2) is 30.3 Å². The Morgan fingerprint density at radius 1 is 0.944 bits per heavy atom. The van der Waals surface area contributed by atoms with Crippen molar-refractivity contribution >= 4 is 26.3 Å². The smallest absolute Gasteiger partial charge is 0.734 e. The van der Waals surface area contributed by atoms with E-state index in [4.69, 9.17) is 0 Å². The summed E-state index contributed by atoms with van der Waals surface area (Å²) in [6, 6.07) is 6.55. The standard InChI is InChI=1S/C6H8N2O6S2.2Na/c9-15(10,11)7-8(16(12,13)14)6-4-2-1-3-5-6;;/h1-5,7H,(H,9,10,11)(H,12,13,14);;/q;2*+1/p-2. The normalized spacial score (nSPS) is 11.0. The molecule has 0 amide bonds. The second kappa shape index (κ2) is 8.17. The summed E-state index contributed by atoms with van der Waals surface area (Å²) in [7, 11) is -10.3. The van der Waals surface area contributed by atoms with Crippen LogP contribution < -0.4 is 68.4 Å². The van der Waals surface area contributed by atoms with E-state index in [0.29, 0.717) is 0 Å². The average Bonchev–Trinajstić information content (AvgIpc) is 2.13. The van der Waals surface area contributed by atoms with E-state index in [1.54, 1.807) is 0 Å². The van der Waals surface area contributed by atoms with Crippen LogP contribution in [0.2, 0.25) is 0 Å². The summed E-state index contributed by atoms with van der Waals surface area (Å²) in [5, 5.41) is 0. The van der Waals surface area contributed by atoms with E-state index >= 15 is 0 Å². The maximum atomic E-state index is 10.7. The number of hydrogen-bond donors (Lipinski definition) is 1. The third-order valence-corrected chi connectivity index (χ3v) is 2.68. The second-order valence-electron chi connectivity index (χ2n) is 2.60. The molecule has 0 unspecified atom stereocenters. The number of hydrazine groups is 1. The number of benzene rings is 1. The first-order valence-electron chi connectivity index (χ1n) is 3.74. The quantitative estimate of drug-likeness (QED) is 0.334. The Morgan fingerprint density at radius 3 is 1.72 bits per heavy atom. The summed E-state index contributed by atoms with van der Waals surface area (Å²) >= 11 is 0. The number of para-hydroxylation sites is 1. The predicted octanol–water partition coefficient (Wildman–Crippen LogP) is -7.07. The van der Waals surface area contributed by atoms with Gasteiger partial charge in [0.25, 0.3) is 0 Å². The third kappa shape index (κ3) is 7.40. The number of hydrogen-bond acceptors (Lipinski definition) is 6. The van der Waals surface area contributed by atoms with Gasteiger partial charge in [0.1, 0.15) is 0 Å². The van der Waals surface area contributed by atoms with Crippen LogP contribution in [0.3, 0.4) is 0 Å². The van der Waals surface area contributed by atoms with Gasteiger partial charge in [-0.05, 0) is 12.1 Å². The Kier molecular flexibility index (Phi) is 9.58. The molecule has 1 aromatic carbocycles. The molecular formula is C6H6N2Na2O6S2. The zero-order valence-electron chi connectivity index (χ0n) is 9.60. The molecule has 0 fully saturated rings. The third-order valence-electron chi connectivity index (χ3n) is 1.41. The minimum Gasteiger partial charge on any atom is -0.734 e. The molecule has 0 aliphatic rings. The molecule has 0 saturated heterocycles. The van der Waals surface area contributed by atoms with E-state index in [9.17, 15) is 25.9 Å². The molecule has 0 heterocycles. The van der Waals surface area contributed by atoms with Gasteiger partial charge in [0, 0.05) is 0 Å². The van der Waals surface area contributed by atoms with Crippen molar-refractivity contribution in [3.05, 3.63) is 30.3 Å². The SMILES string of the molecule is O=S(=O)([O-])NN(c1ccccc1)S(=O)(=O)[O-].[Na+].[Na+]. The molecule has 0 bridgehead atoms. The minimum atomic E-state index is -5.16. The van der Waals surface area contributed by atoms with Crippen molar-refractivity contribution in [3.63, 3.8) is 0 Å². The molecule has 1 aromatic rings. The molecule has 18 heavy (non-hydrogen) atoms. The van der Waals surface area contributed by atoms with E-state index < -0.39 is 20.6 Å². The fraction of sp³-hybridized carbons (Fsp3) is 0. The average molecular weight is 312 g/mol. The van der Waals surface area contributed by atoms with Gasteiger partial charge < -0.3 is 9.11 Å². The molecule has 0 saturated carbocycles. The van der Waals surface area contributed by atoms with Crippen LogP contribution in [0.1, 0.15) is 0 Å². The Morgan fingerprint density at radius 2 is 1.39 bits per heavy atom. The first-order valence-corrected chi connectivity index (χ1v) is 6.52. The number of nitrogens with zero attached hydrogens (tertiary/aromatic N) is 1. The zero-order chi connectivity index (χ0) is 12.4. The molecule has 0 atom stereocenters. The first-order chi connectivity index (χ1) is 7.20. The van der Waals surface area contributed by atoms with Crippen molar-refractivity contribution in [1.29, 1.82) is 0 Å². The van der Waals surface area contributed by atoms with Gasteiger partial charge in [-0.3, -0.25) is 0 Å². The predicted molar refractivity (Wildman–Crippen MR) is 51.5 cm³/mol. The molecule has 1 N–H and O–H groups in total. The van der Waals surface area contributed by atoms with E-state index in [1.165, 1.54) is 18.2 Å². The Bertz CT molecular complexity index is 561. The summed E-state index contributed by atoms with van der Waals surface area (Å²) < 4.78 is 62.9. The van der Waals surface area contributed by atoms with Crippen molar-refractivity contribution in [2.75, 3.05) is 4.41 Å². The van der Waals surface area contributed by atoms with Crippen LogP contribution in [0.4, 0.5) is 5.69 Å². The Hall–Kier alpha value is 0.800. The van der Waals surface area contributed by atoms with Crippen molar-refractivity contribution in [3.8, 4) is 0 Å². The number of rotatable bonds is 4. The first kappa shape index (κ1) is 21.1. The van der Waals surface area contributed by atoms with Crippen LogP contribution in [0, 0.1) is 0 Å². The van der Waals surface area contributed by atoms with Crippen molar-refractivity contribution in [2.24, 2.45) is 0 Å². The molecule has 0 radical (unpaired) electrons. The number of anilines is 1. The van der Waals surface area contributed by atoms with Crippen LogP contribution in [0.25, 0.3) is 0 Å². The van der Waals surface area contributed by atoms with E-state index in [0.717, 1.165) is 17.0 Å². The van der Waals surface area contributed by atoms with Gasteiger partial charge >= 0.3 is 59.1 Å². The topological polar surface area (TPSA) is 130 Å². The summed E-state index contributed by atoms with van der Waals surface area (Å²) in [6.45, 7) is 0. The molecular weight excluding hydrogens is 306 g/mol. The largest absolute Gasteiger partial charge is 1.00 e. The van der Waals surface area contributed by atoms with Crippen LogP contribution in [-0.2, 0) is 20.6 Å². The monoisotopic (exact) mass is 312 g/mol. The molecule has 0 aromatic heterocycles. The maximum absolute atomic E-state index is 10.7. The maximum Gasteiger partial charge on any atom is 1.00 e. The summed E-state index contributed by atoms with van der Waals surface area (Å²) in [5.74, 6) is 0. The van der Waals surface area contributed by atoms with E-state index in [-0.39, 0.29) is 69.2 Å². The van der Waals surface area contributed by atoms with E-state index in [1.807, 2.05) is 0 Å². The van der Waals surface area contributed by atoms with Crippen LogP contribution >= 0.6 is 0 Å². The van der Waals surface area contributed by atoms with Crippen LogP contribution in [-0.4, -0.2) is 25.9 Å². The molecule has 0 spiro atoms. The fourth-order valence-electron chi connectivity index (χ4n) is 0.892. The van der Waals surface area contributed by atoms with Crippen molar-refractivity contribution in [2.45, 2.75) is 0 Å². The summed E-state index contributed by atoms with van der Waals surface area (Å²) in [6.07, 6.45) is 0. The second-order valence-corrected chi connectivity index (χ2v) is 4.91.